The first-order chi connectivity index (χ1) is 16.4. The topological polar surface area (TPSA) is 58.2 Å². The molecule has 3 fully saturated rings. The summed E-state index contributed by atoms with van der Waals surface area (Å²) >= 11 is 0. The molecule has 35 heavy (non-hydrogen) atoms. The number of benzene rings is 1. The molecule has 5 rings (SSSR count). The third kappa shape index (κ3) is 3.63. The molecule has 0 radical (unpaired) electrons. The molecule has 8 unspecified atom stereocenters. The van der Waals surface area contributed by atoms with Crippen LogP contribution in [0.25, 0.3) is 0 Å². The Hall–Kier alpha value is -2.31. The number of amides is 2. The van der Waals surface area contributed by atoms with Crippen molar-refractivity contribution in [3.63, 3.8) is 0 Å². The first-order valence-electron chi connectivity index (χ1n) is 12.8. The first-order valence-corrected chi connectivity index (χ1v) is 12.8. The molecule has 2 N–H and O–H groups in total. The number of hydrogen-bond acceptors (Lipinski definition) is 2. The van der Waals surface area contributed by atoms with Crippen molar-refractivity contribution in [1.82, 2.24) is 10.6 Å². The molecule has 3 saturated carbocycles. The van der Waals surface area contributed by atoms with Crippen LogP contribution in [0.15, 0.2) is 42.5 Å². The molecule has 0 bridgehead atoms. The van der Waals surface area contributed by atoms with Crippen LogP contribution in [0, 0.1) is 34.5 Å². The Bertz CT molecular complexity index is 1040. The summed E-state index contributed by atoms with van der Waals surface area (Å²) in [5.74, 6) is 0.163. The summed E-state index contributed by atoms with van der Waals surface area (Å²) in [7, 11) is 0. The number of nitrogens with one attached hydrogen (secondary N) is 2. The number of carbonyl (C=O) groups is 2. The van der Waals surface area contributed by atoms with E-state index in [1.165, 1.54) is 12.1 Å². The summed E-state index contributed by atoms with van der Waals surface area (Å²) in [5, 5.41) is 5.60. The Morgan fingerprint density at radius 1 is 1.03 bits per heavy atom. The lowest BCUT2D eigenvalue weighted by Gasteiger charge is -2.58. The standard InChI is InChI=1S/C28H35F3N2O2/c1-25-15-13-20-18(9-12-22-26(20,2)16-14-23(34)32-22)19(25)10-11-21(25)24(35)33-27(3,28(29,30)31)17-7-5-4-6-8-17/h4-8,14,16,18-22H,9-13,15H2,1-3H3,(H,32,34)(H,33,35). The van der Waals surface area contributed by atoms with Crippen molar-refractivity contribution in [2.75, 3.05) is 0 Å². The van der Waals surface area contributed by atoms with Gasteiger partial charge in [-0.15, -0.1) is 0 Å². The van der Waals surface area contributed by atoms with Gasteiger partial charge in [0.1, 0.15) is 0 Å². The lowest BCUT2D eigenvalue weighted by Crippen LogP contribution is -2.60. The zero-order valence-electron chi connectivity index (χ0n) is 20.6. The van der Waals surface area contributed by atoms with Crippen LogP contribution in [0.5, 0.6) is 0 Å². The third-order valence-electron chi connectivity index (χ3n) is 10.3. The monoisotopic (exact) mass is 488 g/mol. The van der Waals surface area contributed by atoms with E-state index in [2.05, 4.69) is 30.6 Å². The van der Waals surface area contributed by atoms with E-state index in [0.29, 0.717) is 24.2 Å². The largest absolute Gasteiger partial charge is 0.415 e. The van der Waals surface area contributed by atoms with Crippen molar-refractivity contribution < 1.29 is 22.8 Å². The Kier molecular flexibility index (Phi) is 5.65. The molecule has 1 heterocycles. The van der Waals surface area contributed by atoms with Gasteiger partial charge in [-0.1, -0.05) is 50.3 Å². The van der Waals surface area contributed by atoms with Gasteiger partial charge < -0.3 is 10.6 Å². The SMILES string of the molecule is CC12C=CC(=O)NC1CCC1C2CCC2(C)C(C(=O)NC(C)(c3ccccc3)C(F)(F)F)CCC12. The van der Waals surface area contributed by atoms with Gasteiger partial charge in [-0.05, 0) is 80.3 Å². The predicted octanol–water partition coefficient (Wildman–Crippen LogP) is 5.49. The second kappa shape index (κ2) is 8.10. The lowest BCUT2D eigenvalue weighted by atomic mass is 9.48. The van der Waals surface area contributed by atoms with Crippen LogP contribution in [0.1, 0.15) is 64.9 Å². The minimum Gasteiger partial charge on any atom is -0.349 e. The van der Waals surface area contributed by atoms with E-state index in [0.717, 1.165) is 39.0 Å². The van der Waals surface area contributed by atoms with E-state index in [1.807, 2.05) is 0 Å². The van der Waals surface area contributed by atoms with Gasteiger partial charge in [0.05, 0.1) is 0 Å². The molecule has 0 spiro atoms. The van der Waals surface area contributed by atoms with Crippen LogP contribution in [0.2, 0.25) is 0 Å². The average molecular weight is 489 g/mol. The average Bonchev–Trinajstić information content (AvgIpc) is 3.16. The Labute approximate surface area is 205 Å². The van der Waals surface area contributed by atoms with Gasteiger partial charge in [-0.3, -0.25) is 9.59 Å². The Morgan fingerprint density at radius 2 is 1.74 bits per heavy atom. The normalized spacial score (nSPS) is 40.1. The van der Waals surface area contributed by atoms with Crippen molar-refractivity contribution in [3.05, 3.63) is 48.0 Å². The number of alkyl halides is 3. The predicted molar refractivity (Wildman–Crippen MR) is 127 cm³/mol. The molecule has 2 amide bonds. The second-order valence-electron chi connectivity index (χ2n) is 11.9. The molecule has 1 aliphatic heterocycles. The Balaban J connectivity index is 1.39. The molecule has 1 aromatic rings. The fourth-order valence-corrected chi connectivity index (χ4v) is 8.18. The number of rotatable bonds is 3. The maximum Gasteiger partial charge on any atom is 0.415 e. The van der Waals surface area contributed by atoms with Gasteiger partial charge in [0.25, 0.3) is 0 Å². The fraction of sp³-hybridized carbons (Fsp3) is 0.643. The van der Waals surface area contributed by atoms with E-state index in [9.17, 15) is 22.8 Å². The van der Waals surface area contributed by atoms with Crippen molar-refractivity contribution in [3.8, 4) is 0 Å². The number of carbonyl (C=O) groups excluding carboxylic acids is 2. The number of hydrogen-bond donors (Lipinski definition) is 2. The maximum atomic E-state index is 14.3. The van der Waals surface area contributed by atoms with E-state index in [-0.39, 0.29) is 28.3 Å². The van der Waals surface area contributed by atoms with Gasteiger partial charge >= 0.3 is 6.18 Å². The summed E-state index contributed by atoms with van der Waals surface area (Å²) in [5.41, 5.74) is -2.82. The smallest absolute Gasteiger partial charge is 0.349 e. The second-order valence-corrected chi connectivity index (χ2v) is 11.9. The lowest BCUT2D eigenvalue weighted by molar-refractivity contribution is -0.199. The maximum absolute atomic E-state index is 14.3. The molecule has 0 aromatic heterocycles. The van der Waals surface area contributed by atoms with E-state index in [4.69, 9.17) is 0 Å². The minimum atomic E-state index is -4.62. The van der Waals surface area contributed by atoms with Crippen LogP contribution >= 0.6 is 0 Å². The Morgan fingerprint density at radius 3 is 2.43 bits per heavy atom. The van der Waals surface area contributed by atoms with Crippen LogP contribution < -0.4 is 10.6 Å². The summed E-state index contributed by atoms with van der Waals surface area (Å²) in [6, 6.07) is 7.79. The van der Waals surface area contributed by atoms with Crippen LogP contribution in [-0.4, -0.2) is 24.0 Å². The molecule has 1 aromatic carbocycles. The van der Waals surface area contributed by atoms with Crippen LogP contribution in [0.4, 0.5) is 13.2 Å². The molecule has 190 valence electrons. The van der Waals surface area contributed by atoms with Gasteiger partial charge in [0, 0.05) is 17.4 Å². The molecule has 8 atom stereocenters. The van der Waals surface area contributed by atoms with Gasteiger partial charge in [0.2, 0.25) is 11.8 Å². The summed E-state index contributed by atoms with van der Waals surface area (Å²) in [6.45, 7) is 5.43. The zero-order chi connectivity index (χ0) is 25.2. The summed E-state index contributed by atoms with van der Waals surface area (Å²) in [6.07, 6.45) is 4.22. The molecule has 7 heteroatoms. The van der Waals surface area contributed by atoms with Gasteiger partial charge in [0.15, 0.2) is 5.54 Å². The van der Waals surface area contributed by atoms with Crippen molar-refractivity contribution in [1.29, 1.82) is 0 Å². The molecule has 0 saturated heterocycles. The molecular formula is C28H35F3N2O2. The highest BCUT2D eigenvalue weighted by atomic mass is 19.4. The molecule has 4 aliphatic rings. The van der Waals surface area contributed by atoms with E-state index < -0.39 is 23.5 Å². The summed E-state index contributed by atoms with van der Waals surface area (Å²) in [4.78, 5) is 25.5. The van der Waals surface area contributed by atoms with Crippen LogP contribution in [0.3, 0.4) is 0 Å². The third-order valence-corrected chi connectivity index (χ3v) is 10.3. The van der Waals surface area contributed by atoms with Crippen molar-refractivity contribution in [2.24, 2.45) is 34.5 Å². The highest BCUT2D eigenvalue weighted by molar-refractivity contribution is 5.89. The summed E-state index contributed by atoms with van der Waals surface area (Å²) < 4.78 is 42.8. The van der Waals surface area contributed by atoms with Crippen molar-refractivity contribution in [2.45, 2.75) is 77.1 Å². The highest BCUT2D eigenvalue weighted by Gasteiger charge is 2.62. The molecular weight excluding hydrogens is 453 g/mol. The number of halogens is 3. The molecule has 4 nitrogen and oxygen atoms in total. The molecule has 3 aliphatic carbocycles. The van der Waals surface area contributed by atoms with Crippen LogP contribution in [-0.2, 0) is 15.1 Å². The first kappa shape index (κ1) is 24.4. The van der Waals surface area contributed by atoms with Gasteiger partial charge in [-0.2, -0.15) is 13.2 Å². The minimum absolute atomic E-state index is 0.0321. The van der Waals surface area contributed by atoms with Gasteiger partial charge in [-0.25, -0.2) is 0 Å². The highest BCUT2D eigenvalue weighted by Crippen LogP contribution is 2.65. The van der Waals surface area contributed by atoms with E-state index in [1.54, 1.807) is 24.3 Å². The number of fused-ring (bicyclic) bond motifs is 5. The zero-order valence-corrected chi connectivity index (χ0v) is 20.6. The van der Waals surface area contributed by atoms with Crippen molar-refractivity contribution >= 4 is 11.8 Å². The fourth-order valence-electron chi connectivity index (χ4n) is 8.18. The quantitative estimate of drug-likeness (QED) is 0.591. The van der Waals surface area contributed by atoms with E-state index >= 15 is 0 Å².